The molecule has 3 aromatic rings. The number of carbonyl (C=O) groups excluding carboxylic acids is 1. The molecule has 6 rings (SSSR count). The van der Waals surface area contributed by atoms with Crippen LogP contribution in [0.25, 0.3) is 22.6 Å². The highest BCUT2D eigenvalue weighted by molar-refractivity contribution is 14.1. The number of nitrogens with zero attached hydrogens (tertiary/aromatic N) is 2. The first-order valence-electron chi connectivity index (χ1n) is 9.86. The number of halogens is 2. The molecule has 0 radical (unpaired) electrons. The van der Waals surface area contributed by atoms with E-state index in [9.17, 15) is 4.79 Å². The molecule has 2 aromatic carbocycles. The average molecular weight is 522 g/mol. The number of hydrogen-bond acceptors (Lipinski definition) is 4. The molecule has 0 saturated carbocycles. The van der Waals surface area contributed by atoms with Gasteiger partial charge in [-0.25, -0.2) is 4.98 Å². The molecule has 5 nitrogen and oxygen atoms in total. The molecular formula is C22H21ClIN3O2. The van der Waals surface area contributed by atoms with Crippen LogP contribution in [-0.4, -0.2) is 39.0 Å². The maximum Gasteiger partial charge on any atom is 0.253 e. The summed E-state index contributed by atoms with van der Waals surface area (Å²) in [4.78, 5) is 20.3. The van der Waals surface area contributed by atoms with E-state index >= 15 is 0 Å². The number of piperidine rings is 3. The van der Waals surface area contributed by atoms with Crippen LogP contribution in [0, 0.1) is 12.8 Å². The minimum absolute atomic E-state index is 0.137. The van der Waals surface area contributed by atoms with Gasteiger partial charge in [0.1, 0.15) is 5.52 Å². The van der Waals surface area contributed by atoms with Crippen molar-refractivity contribution in [1.82, 2.24) is 15.2 Å². The molecule has 3 saturated heterocycles. The Morgan fingerprint density at radius 3 is 2.66 bits per heavy atom. The minimum Gasteiger partial charge on any atom is -0.436 e. The van der Waals surface area contributed by atoms with Crippen molar-refractivity contribution in [2.24, 2.45) is 5.92 Å². The number of fused-ring (bicyclic) bond motifs is 4. The van der Waals surface area contributed by atoms with Gasteiger partial charge in [-0.2, -0.15) is 0 Å². The molecule has 2 unspecified atom stereocenters. The third-order valence-electron chi connectivity index (χ3n) is 6.03. The maximum absolute atomic E-state index is 13.2. The Morgan fingerprint density at radius 2 is 1.97 bits per heavy atom. The van der Waals surface area contributed by atoms with Crippen LogP contribution in [0.3, 0.4) is 0 Å². The van der Waals surface area contributed by atoms with E-state index in [-0.39, 0.29) is 11.9 Å². The molecule has 150 valence electrons. The Balaban J connectivity index is 1.49. The van der Waals surface area contributed by atoms with Gasteiger partial charge in [0.05, 0.1) is 15.7 Å². The Hall–Kier alpha value is -1.64. The van der Waals surface area contributed by atoms with Gasteiger partial charge in [-0.1, -0.05) is 51.9 Å². The van der Waals surface area contributed by atoms with Gasteiger partial charge in [0.25, 0.3) is 5.91 Å². The fourth-order valence-corrected chi connectivity index (χ4v) is 5.91. The normalized spacial score (nSPS) is 26.0. The zero-order chi connectivity index (χ0) is 20.1. The van der Waals surface area contributed by atoms with Crippen molar-refractivity contribution in [2.45, 2.75) is 29.9 Å². The summed E-state index contributed by atoms with van der Waals surface area (Å²) >= 11 is 8.76. The number of carbonyl (C=O) groups is 1. The van der Waals surface area contributed by atoms with E-state index in [0.717, 1.165) is 31.5 Å². The summed E-state index contributed by atoms with van der Waals surface area (Å²) in [6.45, 7) is 4.28. The van der Waals surface area contributed by atoms with Crippen LogP contribution in [0.4, 0.5) is 0 Å². The summed E-state index contributed by atoms with van der Waals surface area (Å²) in [5.41, 5.74) is 3.58. The Morgan fingerprint density at radius 1 is 1.24 bits per heavy atom. The number of aryl methyl sites for hydroxylation is 1. The summed E-state index contributed by atoms with van der Waals surface area (Å²) in [7, 11) is 0. The van der Waals surface area contributed by atoms with E-state index in [2.05, 4.69) is 37.8 Å². The van der Waals surface area contributed by atoms with Crippen molar-refractivity contribution < 1.29 is 9.21 Å². The molecule has 0 aliphatic carbocycles. The van der Waals surface area contributed by atoms with E-state index in [1.165, 1.54) is 5.56 Å². The number of aromatic nitrogens is 1. The third-order valence-corrected chi connectivity index (χ3v) is 7.81. The van der Waals surface area contributed by atoms with Crippen molar-refractivity contribution >= 4 is 51.2 Å². The molecule has 1 N–H and O–H groups in total. The Labute approximate surface area is 187 Å². The molecule has 1 amide bonds. The zero-order valence-corrected chi connectivity index (χ0v) is 18.9. The second kappa shape index (κ2) is 7.56. The first-order valence-corrected chi connectivity index (χ1v) is 11.5. The van der Waals surface area contributed by atoms with E-state index in [4.69, 9.17) is 16.0 Å². The zero-order valence-electron chi connectivity index (χ0n) is 16.0. The number of nitrogens with one attached hydrogen (secondary N) is 1. The second-order valence-electron chi connectivity index (χ2n) is 7.93. The van der Waals surface area contributed by atoms with Gasteiger partial charge in [-0.05, 0) is 57.0 Å². The molecule has 2 bridgehead atoms. The van der Waals surface area contributed by atoms with Gasteiger partial charge in [0, 0.05) is 16.7 Å². The first-order chi connectivity index (χ1) is 14.0. The number of amides is 1. The molecule has 1 aromatic heterocycles. The molecule has 3 aliphatic heterocycles. The lowest BCUT2D eigenvalue weighted by atomic mass is 9.84. The van der Waals surface area contributed by atoms with Crippen LogP contribution < -0.4 is 5.32 Å². The van der Waals surface area contributed by atoms with E-state index in [1.54, 1.807) is 12.1 Å². The Kier molecular flexibility index (Phi) is 5.04. The molecule has 4 heterocycles. The molecular weight excluding hydrogens is 501 g/mol. The first kappa shape index (κ1) is 19.3. The van der Waals surface area contributed by atoms with E-state index in [0.29, 0.717) is 37.5 Å². The van der Waals surface area contributed by atoms with E-state index < -0.39 is 0 Å². The van der Waals surface area contributed by atoms with Crippen molar-refractivity contribution in [1.29, 1.82) is 0 Å². The fraction of sp³-hybridized carbons (Fsp3) is 0.364. The molecule has 3 fully saturated rings. The van der Waals surface area contributed by atoms with Crippen molar-refractivity contribution in [3.05, 3.63) is 52.5 Å². The topological polar surface area (TPSA) is 58.4 Å². The molecule has 7 heteroatoms. The monoisotopic (exact) mass is 521 g/mol. The van der Waals surface area contributed by atoms with Crippen molar-refractivity contribution in [3.8, 4) is 11.5 Å². The SMILES string of the molecule is Cc1ccc(-c2nc3c(C(=O)NC4C5CCN(CC5)C4I)cc(Cl)cc3o2)cc1. The summed E-state index contributed by atoms with van der Waals surface area (Å²) in [5, 5.41) is 3.73. The lowest BCUT2D eigenvalue weighted by molar-refractivity contribution is 0.0554. The lowest BCUT2D eigenvalue weighted by Crippen LogP contribution is -2.61. The largest absolute Gasteiger partial charge is 0.436 e. The van der Waals surface area contributed by atoms with Gasteiger partial charge in [0.15, 0.2) is 5.58 Å². The molecule has 29 heavy (non-hydrogen) atoms. The van der Waals surface area contributed by atoms with Crippen LogP contribution in [0.5, 0.6) is 0 Å². The number of hydrogen-bond donors (Lipinski definition) is 1. The summed E-state index contributed by atoms with van der Waals surface area (Å²) < 4.78 is 6.26. The Bertz CT molecular complexity index is 1070. The molecule has 0 spiro atoms. The van der Waals surface area contributed by atoms with Crippen LogP contribution in [0.2, 0.25) is 5.02 Å². The number of alkyl halides is 1. The summed E-state index contributed by atoms with van der Waals surface area (Å²) in [6.07, 6.45) is 2.27. The summed E-state index contributed by atoms with van der Waals surface area (Å²) in [5.74, 6) is 0.883. The predicted molar refractivity (Wildman–Crippen MR) is 123 cm³/mol. The minimum atomic E-state index is -0.137. The predicted octanol–water partition coefficient (Wildman–Crippen LogP) is 5.04. The van der Waals surface area contributed by atoms with Crippen LogP contribution in [-0.2, 0) is 0 Å². The lowest BCUT2D eigenvalue weighted by Gasteiger charge is -2.48. The number of benzene rings is 2. The van der Waals surface area contributed by atoms with E-state index in [1.807, 2.05) is 31.2 Å². The summed E-state index contributed by atoms with van der Waals surface area (Å²) in [6, 6.07) is 11.5. The number of oxazole rings is 1. The number of rotatable bonds is 3. The fourth-order valence-electron chi connectivity index (χ4n) is 4.38. The average Bonchev–Trinajstić information content (AvgIpc) is 3.14. The third kappa shape index (κ3) is 3.55. The highest BCUT2D eigenvalue weighted by Gasteiger charge is 2.41. The van der Waals surface area contributed by atoms with Gasteiger partial charge in [-0.15, -0.1) is 0 Å². The van der Waals surface area contributed by atoms with Gasteiger partial charge >= 0.3 is 0 Å². The van der Waals surface area contributed by atoms with Crippen molar-refractivity contribution in [2.75, 3.05) is 13.1 Å². The second-order valence-corrected chi connectivity index (χ2v) is 9.64. The quantitative estimate of drug-likeness (QED) is 0.298. The van der Waals surface area contributed by atoms with Gasteiger partial charge < -0.3 is 9.73 Å². The van der Waals surface area contributed by atoms with Gasteiger partial charge in [-0.3, -0.25) is 9.69 Å². The van der Waals surface area contributed by atoms with Crippen LogP contribution >= 0.6 is 34.2 Å². The van der Waals surface area contributed by atoms with Crippen LogP contribution in [0.1, 0.15) is 28.8 Å². The van der Waals surface area contributed by atoms with Crippen molar-refractivity contribution in [3.63, 3.8) is 0 Å². The van der Waals surface area contributed by atoms with Crippen LogP contribution in [0.15, 0.2) is 40.8 Å². The molecule has 2 atom stereocenters. The highest BCUT2D eigenvalue weighted by Crippen LogP contribution is 2.36. The maximum atomic E-state index is 13.2. The standard InChI is InChI=1S/C22H21ClIN3O2/c1-12-2-4-14(5-3-12)22-26-19-16(10-15(23)11-17(19)29-22)21(28)25-18-13-6-8-27(9-7-13)20(18)24/h2-5,10-11,13,18,20H,6-9H2,1H3,(H,25,28). The smallest absolute Gasteiger partial charge is 0.253 e. The molecule has 3 aliphatic rings. The van der Waals surface area contributed by atoms with Gasteiger partial charge in [0.2, 0.25) is 5.89 Å². The highest BCUT2D eigenvalue weighted by atomic mass is 127.